The number of halogens is 2. The van der Waals surface area contributed by atoms with Crippen molar-refractivity contribution in [1.29, 1.82) is 0 Å². The summed E-state index contributed by atoms with van der Waals surface area (Å²) in [4.78, 5) is 0. The van der Waals surface area contributed by atoms with E-state index in [4.69, 9.17) is 0 Å². The molecule has 22 heavy (non-hydrogen) atoms. The minimum atomic E-state index is 0.534. The quantitative estimate of drug-likeness (QED) is 0.499. The molecule has 0 spiro atoms. The summed E-state index contributed by atoms with van der Waals surface area (Å²) in [7, 11) is 0. The van der Waals surface area contributed by atoms with Crippen LogP contribution in [0.5, 0.6) is 0 Å². The van der Waals surface area contributed by atoms with Crippen LogP contribution in [0.3, 0.4) is 0 Å². The third-order valence-corrected chi connectivity index (χ3v) is 12.0. The molecule has 0 unspecified atom stereocenters. The molecule has 0 aromatic heterocycles. The zero-order valence-corrected chi connectivity index (χ0v) is 19.3. The molecule has 0 atom stereocenters. The monoisotopic (exact) mass is 552 g/mol. The Hall–Kier alpha value is 0.439. The van der Waals surface area contributed by atoms with E-state index in [1.807, 2.05) is 0 Å². The summed E-state index contributed by atoms with van der Waals surface area (Å²) < 4.78 is 5.99. The van der Waals surface area contributed by atoms with Gasteiger partial charge in [0, 0.05) is 0 Å². The van der Waals surface area contributed by atoms with Crippen molar-refractivity contribution < 1.29 is 0 Å². The third-order valence-electron chi connectivity index (χ3n) is 4.05. The van der Waals surface area contributed by atoms with Gasteiger partial charge in [-0.2, -0.15) is 0 Å². The summed E-state index contributed by atoms with van der Waals surface area (Å²) >= 11 is 8.78. The first-order chi connectivity index (χ1) is 10.7. The Bertz CT molecular complexity index is 651. The normalized spacial score (nSPS) is 14.0. The molecule has 2 aromatic carbocycles. The van der Waals surface area contributed by atoms with Crippen molar-refractivity contribution in [3.63, 3.8) is 0 Å². The van der Waals surface area contributed by atoms with Gasteiger partial charge in [0.05, 0.1) is 0 Å². The molecule has 3 rings (SSSR count). The van der Waals surface area contributed by atoms with E-state index >= 15 is 0 Å². The van der Waals surface area contributed by atoms with Gasteiger partial charge in [-0.05, 0) is 0 Å². The van der Waals surface area contributed by atoms with Gasteiger partial charge in [-0.15, -0.1) is 0 Å². The summed E-state index contributed by atoms with van der Waals surface area (Å²) in [6, 6.07) is 9.05. The van der Waals surface area contributed by atoms with Crippen LogP contribution in [-0.2, 0) is 23.5 Å². The summed E-state index contributed by atoms with van der Waals surface area (Å²) in [6.07, 6.45) is 2.23. The SMILES string of the molecule is CCc1c(Br)c(Br)c(CC)c2c1[Se]Cc1ccccc1C[Se]2. The zero-order chi connectivity index (χ0) is 15.7. The maximum atomic E-state index is 3.86. The van der Waals surface area contributed by atoms with Gasteiger partial charge in [-0.1, -0.05) is 0 Å². The molecule has 0 saturated heterocycles. The van der Waals surface area contributed by atoms with E-state index in [2.05, 4.69) is 70.0 Å². The molecule has 0 radical (unpaired) electrons. The van der Waals surface area contributed by atoms with Crippen LogP contribution in [0.15, 0.2) is 33.2 Å². The topological polar surface area (TPSA) is 0 Å². The third kappa shape index (κ3) is 3.16. The van der Waals surface area contributed by atoms with Crippen molar-refractivity contribution in [3.8, 4) is 0 Å². The van der Waals surface area contributed by atoms with Crippen molar-refractivity contribution in [1.82, 2.24) is 0 Å². The van der Waals surface area contributed by atoms with Crippen molar-refractivity contribution >= 4 is 70.7 Å². The fourth-order valence-electron chi connectivity index (χ4n) is 2.81. The van der Waals surface area contributed by atoms with E-state index < -0.39 is 0 Å². The second kappa shape index (κ2) is 7.55. The molecule has 1 heterocycles. The Morgan fingerprint density at radius 2 is 1.23 bits per heavy atom. The molecule has 0 amide bonds. The van der Waals surface area contributed by atoms with Gasteiger partial charge >= 0.3 is 163 Å². The van der Waals surface area contributed by atoms with Crippen LogP contribution in [-0.4, -0.2) is 29.9 Å². The van der Waals surface area contributed by atoms with Gasteiger partial charge < -0.3 is 0 Å². The van der Waals surface area contributed by atoms with Crippen molar-refractivity contribution in [2.45, 2.75) is 37.3 Å². The number of hydrogen-bond donors (Lipinski definition) is 0. The van der Waals surface area contributed by atoms with Gasteiger partial charge in [0.25, 0.3) is 0 Å². The summed E-state index contributed by atoms with van der Waals surface area (Å²) in [5, 5.41) is 2.47. The predicted octanol–water partition coefficient (Wildman–Crippen LogP) is 3.71. The van der Waals surface area contributed by atoms with Crippen LogP contribution in [0.4, 0.5) is 0 Å². The predicted molar refractivity (Wildman–Crippen MR) is 105 cm³/mol. The van der Waals surface area contributed by atoms with Crippen LogP contribution in [0.2, 0.25) is 0 Å². The van der Waals surface area contributed by atoms with Crippen LogP contribution in [0.25, 0.3) is 0 Å². The molecule has 116 valence electrons. The van der Waals surface area contributed by atoms with E-state index in [0.29, 0.717) is 29.9 Å². The first kappa shape index (κ1) is 17.3. The first-order valence-electron chi connectivity index (χ1n) is 7.52. The molecular formula is C18H18Br2Se2. The molecule has 4 heteroatoms. The maximum absolute atomic E-state index is 3.86. The van der Waals surface area contributed by atoms with E-state index in [9.17, 15) is 0 Å². The minimum absolute atomic E-state index is 0.534. The first-order valence-corrected chi connectivity index (χ1v) is 13.2. The fraction of sp³-hybridized carbons (Fsp3) is 0.333. The van der Waals surface area contributed by atoms with E-state index in [1.54, 1.807) is 31.2 Å². The van der Waals surface area contributed by atoms with E-state index in [1.165, 1.54) is 19.6 Å². The summed E-state index contributed by atoms with van der Waals surface area (Å²) in [5.41, 5.74) is 6.24. The number of benzene rings is 2. The Morgan fingerprint density at radius 3 is 1.59 bits per heavy atom. The Labute approximate surface area is 162 Å². The molecule has 0 bridgehead atoms. The molecule has 0 nitrogen and oxygen atoms in total. The molecule has 0 fully saturated rings. The Kier molecular flexibility index (Phi) is 5.93. The number of fused-ring (bicyclic) bond motifs is 2. The van der Waals surface area contributed by atoms with Gasteiger partial charge in [-0.3, -0.25) is 0 Å². The van der Waals surface area contributed by atoms with E-state index in [-0.39, 0.29) is 0 Å². The van der Waals surface area contributed by atoms with Crippen LogP contribution < -0.4 is 8.92 Å². The Balaban J connectivity index is 2.15. The molecule has 0 saturated carbocycles. The van der Waals surface area contributed by atoms with Crippen LogP contribution >= 0.6 is 31.9 Å². The van der Waals surface area contributed by atoms with Gasteiger partial charge in [0.2, 0.25) is 0 Å². The van der Waals surface area contributed by atoms with Crippen molar-refractivity contribution in [3.05, 3.63) is 55.5 Å². The average Bonchev–Trinajstić information content (AvgIpc) is 2.52. The number of hydrogen-bond acceptors (Lipinski definition) is 0. The summed E-state index contributed by atoms with van der Waals surface area (Å²) in [6.45, 7) is 4.57. The molecule has 2 aromatic rings. The fourth-order valence-corrected chi connectivity index (χ4v) is 11.4. The average molecular weight is 552 g/mol. The van der Waals surface area contributed by atoms with E-state index in [0.717, 1.165) is 12.8 Å². The zero-order valence-electron chi connectivity index (χ0n) is 12.7. The second-order valence-electron chi connectivity index (χ2n) is 5.30. The van der Waals surface area contributed by atoms with Gasteiger partial charge in [0.1, 0.15) is 0 Å². The standard InChI is InChI=1S/C18H18Br2Se2/c1-3-13-15(19)16(20)14(4-2)18-17(13)21-9-11-7-5-6-8-12(11)10-22-18/h5-8H,3-4,9-10H2,1-2H3. The molecule has 0 aliphatic carbocycles. The summed E-state index contributed by atoms with van der Waals surface area (Å²) in [5.74, 6) is 0. The molecule has 0 N–H and O–H groups in total. The van der Waals surface area contributed by atoms with Gasteiger partial charge in [0.15, 0.2) is 0 Å². The molecule has 1 aliphatic rings. The molecule has 1 aliphatic heterocycles. The molecular weight excluding hydrogens is 534 g/mol. The van der Waals surface area contributed by atoms with Crippen molar-refractivity contribution in [2.75, 3.05) is 0 Å². The van der Waals surface area contributed by atoms with Gasteiger partial charge in [-0.25, -0.2) is 0 Å². The second-order valence-corrected chi connectivity index (χ2v) is 11.0. The number of rotatable bonds is 2. The van der Waals surface area contributed by atoms with Crippen LogP contribution in [0, 0.1) is 0 Å². The van der Waals surface area contributed by atoms with Crippen LogP contribution in [0.1, 0.15) is 36.1 Å². The Morgan fingerprint density at radius 1 is 0.818 bits per heavy atom. The van der Waals surface area contributed by atoms with Crippen molar-refractivity contribution in [2.24, 2.45) is 0 Å².